The first-order valence-corrected chi connectivity index (χ1v) is 7.91. The predicted octanol–water partition coefficient (Wildman–Crippen LogP) is 2.47. The molecular weight excluding hydrogens is 262 g/mol. The van der Waals surface area contributed by atoms with Crippen LogP contribution in [0.2, 0.25) is 0 Å². The van der Waals surface area contributed by atoms with Gasteiger partial charge in [0.25, 0.3) is 0 Å². The zero-order valence-corrected chi connectivity index (χ0v) is 13.4. The minimum absolute atomic E-state index is 0.125. The van der Waals surface area contributed by atoms with Crippen molar-refractivity contribution in [2.24, 2.45) is 5.41 Å². The third-order valence-corrected chi connectivity index (χ3v) is 4.47. The van der Waals surface area contributed by atoms with Gasteiger partial charge < -0.3 is 10.6 Å². The Balaban J connectivity index is 2.11. The first kappa shape index (κ1) is 16.0. The Kier molecular flexibility index (Phi) is 5.37. The fourth-order valence-corrected chi connectivity index (χ4v) is 2.75. The quantitative estimate of drug-likeness (QED) is 0.845. The SMILES string of the molecule is CCN(CC)Cc1ccccc1NC(=O)C1(C)CCNC1. The minimum Gasteiger partial charge on any atom is -0.325 e. The first-order chi connectivity index (χ1) is 10.1. The molecule has 1 fully saturated rings. The van der Waals surface area contributed by atoms with Gasteiger partial charge in [-0.25, -0.2) is 0 Å². The lowest BCUT2D eigenvalue weighted by Gasteiger charge is -2.24. The molecule has 4 nitrogen and oxygen atoms in total. The number of carbonyl (C=O) groups is 1. The molecule has 2 rings (SSSR count). The number of nitrogens with zero attached hydrogens (tertiary/aromatic N) is 1. The van der Waals surface area contributed by atoms with Gasteiger partial charge >= 0.3 is 0 Å². The molecule has 0 radical (unpaired) electrons. The van der Waals surface area contributed by atoms with E-state index in [1.807, 2.05) is 25.1 Å². The summed E-state index contributed by atoms with van der Waals surface area (Å²) in [4.78, 5) is 14.9. The summed E-state index contributed by atoms with van der Waals surface area (Å²) >= 11 is 0. The molecule has 0 bridgehead atoms. The van der Waals surface area contributed by atoms with Crippen molar-refractivity contribution >= 4 is 11.6 Å². The third-order valence-electron chi connectivity index (χ3n) is 4.47. The molecule has 116 valence electrons. The Morgan fingerprint density at radius 3 is 2.67 bits per heavy atom. The van der Waals surface area contributed by atoms with Crippen LogP contribution < -0.4 is 10.6 Å². The normalized spacial score (nSPS) is 21.7. The van der Waals surface area contributed by atoms with Gasteiger partial charge in [-0.15, -0.1) is 0 Å². The minimum atomic E-state index is -0.289. The second-order valence-corrected chi connectivity index (χ2v) is 6.06. The summed E-state index contributed by atoms with van der Waals surface area (Å²) < 4.78 is 0. The Bertz CT molecular complexity index is 477. The molecule has 1 unspecified atom stereocenters. The van der Waals surface area contributed by atoms with Crippen LogP contribution in [0.3, 0.4) is 0 Å². The summed E-state index contributed by atoms with van der Waals surface area (Å²) in [6.45, 7) is 10.9. The van der Waals surface area contributed by atoms with Crippen molar-refractivity contribution in [3.05, 3.63) is 29.8 Å². The van der Waals surface area contributed by atoms with E-state index in [0.717, 1.165) is 44.8 Å². The standard InChI is InChI=1S/C17H27N3O/c1-4-20(5-2)12-14-8-6-7-9-15(14)19-16(21)17(3)10-11-18-13-17/h6-9,18H,4-5,10-13H2,1-3H3,(H,19,21). The number of nitrogens with one attached hydrogen (secondary N) is 2. The van der Waals surface area contributed by atoms with Crippen LogP contribution in [-0.2, 0) is 11.3 Å². The van der Waals surface area contributed by atoms with E-state index < -0.39 is 0 Å². The lowest BCUT2D eigenvalue weighted by molar-refractivity contribution is -0.123. The summed E-state index contributed by atoms with van der Waals surface area (Å²) in [5.74, 6) is 0.125. The summed E-state index contributed by atoms with van der Waals surface area (Å²) in [6, 6.07) is 8.12. The molecular formula is C17H27N3O. The summed E-state index contributed by atoms with van der Waals surface area (Å²) in [5, 5.41) is 6.42. The number of hydrogen-bond acceptors (Lipinski definition) is 3. The zero-order valence-electron chi connectivity index (χ0n) is 13.4. The van der Waals surface area contributed by atoms with E-state index >= 15 is 0 Å². The Hall–Kier alpha value is -1.39. The van der Waals surface area contributed by atoms with Gasteiger partial charge in [0.2, 0.25) is 5.91 Å². The predicted molar refractivity (Wildman–Crippen MR) is 87.3 cm³/mol. The molecule has 0 spiro atoms. The molecule has 0 saturated carbocycles. The molecule has 1 heterocycles. The molecule has 2 N–H and O–H groups in total. The van der Waals surface area contributed by atoms with Gasteiger partial charge in [-0.2, -0.15) is 0 Å². The summed E-state index contributed by atoms with van der Waals surface area (Å²) in [7, 11) is 0. The van der Waals surface area contributed by atoms with Gasteiger partial charge in [0.15, 0.2) is 0 Å². The van der Waals surface area contributed by atoms with Crippen molar-refractivity contribution in [1.82, 2.24) is 10.2 Å². The van der Waals surface area contributed by atoms with Crippen molar-refractivity contribution < 1.29 is 4.79 Å². The first-order valence-electron chi connectivity index (χ1n) is 7.91. The van der Waals surface area contributed by atoms with Crippen LogP contribution in [0.25, 0.3) is 0 Å². The third kappa shape index (κ3) is 3.83. The van der Waals surface area contributed by atoms with E-state index in [-0.39, 0.29) is 11.3 Å². The monoisotopic (exact) mass is 289 g/mol. The maximum Gasteiger partial charge on any atom is 0.231 e. The van der Waals surface area contributed by atoms with Crippen molar-refractivity contribution in [3.63, 3.8) is 0 Å². The highest BCUT2D eigenvalue weighted by molar-refractivity contribution is 5.96. The fourth-order valence-electron chi connectivity index (χ4n) is 2.75. The number of carbonyl (C=O) groups excluding carboxylic acids is 1. The number of para-hydroxylation sites is 1. The topological polar surface area (TPSA) is 44.4 Å². The largest absolute Gasteiger partial charge is 0.325 e. The second kappa shape index (κ2) is 7.05. The second-order valence-electron chi connectivity index (χ2n) is 6.06. The molecule has 0 aliphatic carbocycles. The average molecular weight is 289 g/mol. The molecule has 1 aliphatic rings. The van der Waals surface area contributed by atoms with Crippen molar-refractivity contribution in [2.45, 2.75) is 33.7 Å². The Labute approximate surface area is 127 Å². The van der Waals surface area contributed by atoms with Crippen molar-refractivity contribution in [2.75, 3.05) is 31.5 Å². The highest BCUT2D eigenvalue weighted by atomic mass is 16.2. The zero-order chi connectivity index (χ0) is 15.3. The molecule has 0 aromatic heterocycles. The van der Waals surface area contributed by atoms with E-state index in [9.17, 15) is 4.79 Å². The fraction of sp³-hybridized carbons (Fsp3) is 0.588. The molecule has 21 heavy (non-hydrogen) atoms. The maximum absolute atomic E-state index is 12.5. The number of rotatable bonds is 6. The van der Waals surface area contributed by atoms with Crippen LogP contribution in [0.15, 0.2) is 24.3 Å². The van der Waals surface area contributed by atoms with Crippen LogP contribution in [0.1, 0.15) is 32.8 Å². The van der Waals surface area contributed by atoms with E-state index in [0.29, 0.717) is 0 Å². The summed E-state index contributed by atoms with van der Waals surface area (Å²) in [5.41, 5.74) is 1.84. The molecule has 1 aliphatic heterocycles. The maximum atomic E-state index is 12.5. The molecule has 1 saturated heterocycles. The number of benzene rings is 1. The number of anilines is 1. The Morgan fingerprint density at radius 2 is 2.05 bits per heavy atom. The van der Waals surface area contributed by atoms with Gasteiger partial charge in [0.1, 0.15) is 0 Å². The van der Waals surface area contributed by atoms with E-state index in [1.165, 1.54) is 5.56 Å². The average Bonchev–Trinajstić information content (AvgIpc) is 2.94. The highest BCUT2D eigenvalue weighted by Crippen LogP contribution is 2.27. The molecule has 1 aromatic rings. The molecule has 4 heteroatoms. The highest BCUT2D eigenvalue weighted by Gasteiger charge is 2.36. The van der Waals surface area contributed by atoms with Crippen LogP contribution >= 0.6 is 0 Å². The van der Waals surface area contributed by atoms with Gasteiger partial charge in [-0.1, -0.05) is 32.0 Å². The van der Waals surface area contributed by atoms with Gasteiger partial charge in [0, 0.05) is 18.8 Å². The lowest BCUT2D eigenvalue weighted by Crippen LogP contribution is -2.35. The van der Waals surface area contributed by atoms with Gasteiger partial charge in [-0.3, -0.25) is 9.69 Å². The Morgan fingerprint density at radius 1 is 1.33 bits per heavy atom. The van der Waals surface area contributed by atoms with Crippen molar-refractivity contribution in [1.29, 1.82) is 0 Å². The number of amides is 1. The van der Waals surface area contributed by atoms with E-state index in [2.05, 4.69) is 35.4 Å². The van der Waals surface area contributed by atoms with Crippen LogP contribution in [0.5, 0.6) is 0 Å². The van der Waals surface area contributed by atoms with Gasteiger partial charge in [0.05, 0.1) is 5.41 Å². The van der Waals surface area contributed by atoms with Crippen molar-refractivity contribution in [3.8, 4) is 0 Å². The molecule has 1 amide bonds. The van der Waals surface area contributed by atoms with Crippen LogP contribution in [-0.4, -0.2) is 37.0 Å². The smallest absolute Gasteiger partial charge is 0.231 e. The van der Waals surface area contributed by atoms with Crippen LogP contribution in [0.4, 0.5) is 5.69 Å². The van der Waals surface area contributed by atoms with E-state index in [4.69, 9.17) is 0 Å². The lowest BCUT2D eigenvalue weighted by atomic mass is 9.88. The molecule has 1 aromatic carbocycles. The van der Waals surface area contributed by atoms with Crippen LogP contribution in [0, 0.1) is 5.41 Å². The van der Waals surface area contributed by atoms with E-state index in [1.54, 1.807) is 0 Å². The van der Waals surface area contributed by atoms with Gasteiger partial charge in [-0.05, 0) is 44.6 Å². The molecule has 1 atom stereocenters. The summed E-state index contributed by atoms with van der Waals surface area (Å²) in [6.07, 6.45) is 0.900. The number of hydrogen-bond donors (Lipinski definition) is 2.